The number of rotatable bonds is 5. The maximum absolute atomic E-state index is 13.7. The van der Waals surface area contributed by atoms with Crippen LogP contribution in [0.15, 0.2) is 40.9 Å². The van der Waals surface area contributed by atoms with Gasteiger partial charge in [-0.15, -0.1) is 0 Å². The first-order chi connectivity index (χ1) is 10.0. The monoisotopic (exact) mass is 373 g/mol. The topological polar surface area (TPSA) is 12.0 Å². The maximum Gasteiger partial charge on any atom is 0.137 e. The lowest BCUT2D eigenvalue weighted by molar-refractivity contribution is 0.538. The van der Waals surface area contributed by atoms with Crippen molar-refractivity contribution >= 4 is 27.5 Å². The predicted molar refractivity (Wildman–Crippen MR) is 85.6 cm³/mol. The highest BCUT2D eigenvalue weighted by Crippen LogP contribution is 2.30. The van der Waals surface area contributed by atoms with Crippen molar-refractivity contribution in [1.29, 1.82) is 0 Å². The van der Waals surface area contributed by atoms with Crippen LogP contribution in [0.4, 0.5) is 8.78 Å². The number of hydrogen-bond acceptors (Lipinski definition) is 1. The van der Waals surface area contributed by atoms with E-state index in [0.29, 0.717) is 15.9 Å². The summed E-state index contributed by atoms with van der Waals surface area (Å²) in [6.45, 7) is 2.71. The summed E-state index contributed by atoms with van der Waals surface area (Å²) in [5.41, 5.74) is 1.64. The van der Waals surface area contributed by atoms with Crippen LogP contribution in [0.3, 0.4) is 0 Å². The number of hydrogen-bond donors (Lipinski definition) is 1. The zero-order chi connectivity index (χ0) is 15.4. The average molecular weight is 375 g/mol. The van der Waals surface area contributed by atoms with Gasteiger partial charge in [-0.3, -0.25) is 0 Å². The molecule has 0 spiro atoms. The third-order valence-corrected chi connectivity index (χ3v) is 4.44. The molecule has 1 unspecified atom stereocenters. The van der Waals surface area contributed by atoms with Crippen LogP contribution in [0, 0.1) is 11.6 Å². The van der Waals surface area contributed by atoms with E-state index in [0.717, 1.165) is 17.7 Å². The summed E-state index contributed by atoms with van der Waals surface area (Å²) in [5.74, 6) is -0.670. The van der Waals surface area contributed by atoms with Crippen molar-refractivity contribution in [1.82, 2.24) is 5.32 Å². The first-order valence-corrected chi connectivity index (χ1v) is 7.81. The summed E-state index contributed by atoms with van der Waals surface area (Å²) >= 11 is 9.37. The van der Waals surface area contributed by atoms with Gasteiger partial charge in [0.25, 0.3) is 0 Å². The summed E-state index contributed by atoms with van der Waals surface area (Å²) < 4.78 is 27.3. The molecule has 0 aliphatic carbocycles. The zero-order valence-corrected chi connectivity index (χ0v) is 13.8. The Morgan fingerprint density at radius 3 is 2.67 bits per heavy atom. The molecule has 2 rings (SSSR count). The molecule has 1 nitrogen and oxygen atoms in total. The van der Waals surface area contributed by atoms with E-state index in [9.17, 15) is 8.78 Å². The normalized spacial score (nSPS) is 12.4. The third kappa shape index (κ3) is 4.02. The Kier molecular flexibility index (Phi) is 5.73. The van der Waals surface area contributed by atoms with Gasteiger partial charge in [0.15, 0.2) is 0 Å². The standard InChI is InChI=1S/C16H15BrClF2N/c1-2-21-15(12-4-3-5-14(20)16(12)17)8-10-6-7-11(19)9-13(10)18/h3-7,9,15,21H,2,8H2,1H3. The number of likely N-dealkylation sites (N-methyl/N-ethyl adjacent to an activating group) is 1. The summed E-state index contributed by atoms with van der Waals surface area (Å²) in [4.78, 5) is 0. The minimum Gasteiger partial charge on any atom is -0.310 e. The lowest BCUT2D eigenvalue weighted by atomic mass is 9.98. The largest absolute Gasteiger partial charge is 0.310 e. The molecule has 1 N–H and O–H groups in total. The van der Waals surface area contributed by atoms with Gasteiger partial charge in [-0.25, -0.2) is 8.78 Å². The van der Waals surface area contributed by atoms with Crippen LogP contribution in [0.5, 0.6) is 0 Å². The summed E-state index contributed by atoms with van der Waals surface area (Å²) in [5, 5.41) is 3.69. The number of nitrogens with one attached hydrogen (secondary N) is 1. The molecule has 21 heavy (non-hydrogen) atoms. The van der Waals surface area contributed by atoms with Gasteiger partial charge in [0.1, 0.15) is 11.6 Å². The van der Waals surface area contributed by atoms with Crippen molar-refractivity contribution in [2.75, 3.05) is 6.54 Å². The molecular weight excluding hydrogens is 360 g/mol. The Morgan fingerprint density at radius 1 is 1.24 bits per heavy atom. The molecule has 0 fully saturated rings. The summed E-state index contributed by atoms with van der Waals surface area (Å²) in [6, 6.07) is 9.16. The zero-order valence-electron chi connectivity index (χ0n) is 11.5. The quantitative estimate of drug-likeness (QED) is 0.751. The van der Waals surface area contributed by atoms with Gasteiger partial charge in [0.05, 0.1) is 4.47 Å². The molecule has 0 aromatic heterocycles. The molecule has 2 aromatic carbocycles. The van der Waals surface area contributed by atoms with E-state index in [1.165, 1.54) is 18.2 Å². The predicted octanol–water partition coefficient (Wildman–Crippen LogP) is 5.27. The summed E-state index contributed by atoms with van der Waals surface area (Å²) in [7, 11) is 0. The van der Waals surface area contributed by atoms with E-state index in [1.54, 1.807) is 12.1 Å². The van der Waals surface area contributed by atoms with Crippen molar-refractivity contribution in [2.24, 2.45) is 0 Å². The Bertz CT molecular complexity index is 634. The van der Waals surface area contributed by atoms with Crippen molar-refractivity contribution < 1.29 is 8.78 Å². The van der Waals surface area contributed by atoms with Gasteiger partial charge < -0.3 is 5.32 Å². The minimum atomic E-state index is -0.365. The first-order valence-electron chi connectivity index (χ1n) is 6.64. The molecule has 112 valence electrons. The Balaban J connectivity index is 2.33. The molecule has 0 saturated carbocycles. The van der Waals surface area contributed by atoms with E-state index >= 15 is 0 Å². The van der Waals surface area contributed by atoms with Gasteiger partial charge in [0, 0.05) is 11.1 Å². The first kappa shape index (κ1) is 16.4. The highest BCUT2D eigenvalue weighted by Gasteiger charge is 2.17. The van der Waals surface area contributed by atoms with E-state index < -0.39 is 0 Å². The number of benzene rings is 2. The van der Waals surface area contributed by atoms with E-state index in [2.05, 4.69) is 21.2 Å². The molecule has 0 aliphatic heterocycles. The van der Waals surface area contributed by atoms with Gasteiger partial charge in [0.2, 0.25) is 0 Å². The fourth-order valence-corrected chi connectivity index (χ4v) is 3.02. The molecule has 1 atom stereocenters. The van der Waals surface area contributed by atoms with E-state index in [1.807, 2.05) is 13.0 Å². The van der Waals surface area contributed by atoms with Crippen LogP contribution in [0.25, 0.3) is 0 Å². The molecule has 0 radical (unpaired) electrons. The Labute approximate surface area is 136 Å². The van der Waals surface area contributed by atoms with Gasteiger partial charge >= 0.3 is 0 Å². The smallest absolute Gasteiger partial charge is 0.137 e. The third-order valence-electron chi connectivity index (χ3n) is 3.25. The lowest BCUT2D eigenvalue weighted by Gasteiger charge is -2.20. The van der Waals surface area contributed by atoms with Crippen LogP contribution in [-0.2, 0) is 6.42 Å². The van der Waals surface area contributed by atoms with Crippen molar-refractivity contribution in [3.63, 3.8) is 0 Å². The molecule has 0 heterocycles. The highest BCUT2D eigenvalue weighted by molar-refractivity contribution is 9.10. The highest BCUT2D eigenvalue weighted by atomic mass is 79.9. The fourth-order valence-electron chi connectivity index (χ4n) is 2.24. The van der Waals surface area contributed by atoms with Crippen molar-refractivity contribution in [3.8, 4) is 0 Å². The Hall–Kier alpha value is -0.970. The van der Waals surface area contributed by atoms with Gasteiger partial charge in [-0.2, -0.15) is 0 Å². The van der Waals surface area contributed by atoms with Gasteiger partial charge in [-0.05, 0) is 58.2 Å². The van der Waals surface area contributed by atoms with E-state index in [-0.39, 0.29) is 17.7 Å². The molecule has 0 bridgehead atoms. The molecule has 0 amide bonds. The van der Waals surface area contributed by atoms with Crippen LogP contribution < -0.4 is 5.32 Å². The second-order valence-electron chi connectivity index (χ2n) is 4.69. The second kappa shape index (κ2) is 7.34. The van der Waals surface area contributed by atoms with Gasteiger partial charge in [-0.1, -0.05) is 36.7 Å². The molecule has 0 aliphatic rings. The lowest BCUT2D eigenvalue weighted by Crippen LogP contribution is -2.23. The fraction of sp³-hybridized carbons (Fsp3) is 0.250. The molecular formula is C16H15BrClF2N. The average Bonchev–Trinajstić information content (AvgIpc) is 2.44. The summed E-state index contributed by atoms with van der Waals surface area (Å²) in [6.07, 6.45) is 0.551. The molecule has 2 aromatic rings. The van der Waals surface area contributed by atoms with Crippen molar-refractivity contribution in [2.45, 2.75) is 19.4 Å². The minimum absolute atomic E-state index is 0.108. The van der Waals surface area contributed by atoms with Crippen molar-refractivity contribution in [3.05, 3.63) is 68.7 Å². The van der Waals surface area contributed by atoms with Crippen LogP contribution >= 0.6 is 27.5 Å². The Morgan fingerprint density at radius 2 is 2.00 bits per heavy atom. The second-order valence-corrected chi connectivity index (χ2v) is 5.89. The van der Waals surface area contributed by atoms with Crippen LogP contribution in [-0.4, -0.2) is 6.54 Å². The van der Waals surface area contributed by atoms with Crippen LogP contribution in [0.1, 0.15) is 24.1 Å². The SMILES string of the molecule is CCNC(Cc1ccc(F)cc1Cl)c1cccc(F)c1Br. The van der Waals surface area contributed by atoms with Crippen LogP contribution in [0.2, 0.25) is 5.02 Å². The molecule has 5 heteroatoms. The maximum atomic E-state index is 13.7. The molecule has 0 saturated heterocycles. The number of halogens is 4. The van der Waals surface area contributed by atoms with E-state index in [4.69, 9.17) is 11.6 Å².